The third kappa shape index (κ3) is 5.87. The monoisotopic (exact) mass is 438 g/mol. The topological polar surface area (TPSA) is 83.7 Å². The van der Waals surface area contributed by atoms with Gasteiger partial charge in [0.25, 0.3) is 5.89 Å². The van der Waals surface area contributed by atoms with Crippen LogP contribution >= 0.6 is 0 Å². The molecule has 0 amide bonds. The molecule has 0 bridgehead atoms. The third-order valence-electron chi connectivity index (χ3n) is 4.80. The van der Waals surface area contributed by atoms with E-state index in [1.54, 1.807) is 45.0 Å². The molecule has 32 heavy (non-hydrogen) atoms. The number of rotatable bonds is 8. The summed E-state index contributed by atoms with van der Waals surface area (Å²) in [5.41, 5.74) is 1.14. The highest BCUT2D eigenvalue weighted by atomic mass is 16.6. The van der Waals surface area contributed by atoms with Gasteiger partial charge < -0.3 is 18.7 Å². The van der Waals surface area contributed by atoms with Gasteiger partial charge in [0.15, 0.2) is 12.2 Å². The van der Waals surface area contributed by atoms with Gasteiger partial charge in [-0.1, -0.05) is 50.2 Å². The molecule has 0 fully saturated rings. The van der Waals surface area contributed by atoms with Crippen LogP contribution in [0.4, 0.5) is 0 Å². The maximum atomic E-state index is 12.0. The predicted molar refractivity (Wildman–Crippen MR) is 121 cm³/mol. The lowest BCUT2D eigenvalue weighted by Gasteiger charge is -2.24. The van der Waals surface area contributed by atoms with Gasteiger partial charge in [-0.3, -0.25) is 0 Å². The Morgan fingerprint density at radius 3 is 2.16 bits per heavy atom. The molecule has 0 aliphatic carbocycles. The molecule has 7 heteroatoms. The molecule has 0 aliphatic rings. The molecule has 0 N–H and O–H groups in total. The van der Waals surface area contributed by atoms with E-state index in [4.69, 9.17) is 18.7 Å². The van der Waals surface area contributed by atoms with Gasteiger partial charge in [0.05, 0.1) is 6.61 Å². The van der Waals surface area contributed by atoms with Crippen molar-refractivity contribution in [3.63, 3.8) is 0 Å². The summed E-state index contributed by atoms with van der Waals surface area (Å²) in [4.78, 5) is 16.4. The van der Waals surface area contributed by atoms with E-state index in [1.165, 1.54) is 5.56 Å². The lowest BCUT2D eigenvalue weighted by atomic mass is 9.87. The molecule has 3 rings (SSSR count). The Bertz CT molecular complexity index is 1030. The first-order valence-electron chi connectivity index (χ1n) is 10.6. The van der Waals surface area contributed by atoms with Gasteiger partial charge in [0.2, 0.25) is 5.82 Å². The van der Waals surface area contributed by atoms with Crippen molar-refractivity contribution in [2.75, 3.05) is 6.61 Å². The quantitative estimate of drug-likeness (QED) is 0.439. The van der Waals surface area contributed by atoms with Crippen LogP contribution < -0.4 is 9.47 Å². The molecule has 0 saturated heterocycles. The highest BCUT2D eigenvalue weighted by Crippen LogP contribution is 2.26. The first-order valence-corrected chi connectivity index (χ1v) is 10.6. The standard InChI is InChI=1S/C25H30N2O5/c1-7-29-23(28)25(5,6)31-20-14-12-19(13-15-20)30-16-21-26-22(27-32-21)17-8-10-18(11-9-17)24(2,3)4/h8-15H,7,16H2,1-6H3. The average Bonchev–Trinajstić information content (AvgIpc) is 3.22. The van der Waals surface area contributed by atoms with Gasteiger partial charge in [0, 0.05) is 5.56 Å². The van der Waals surface area contributed by atoms with Crippen molar-refractivity contribution in [3.05, 3.63) is 60.0 Å². The van der Waals surface area contributed by atoms with E-state index in [-0.39, 0.29) is 12.0 Å². The number of hydrogen-bond donors (Lipinski definition) is 0. The van der Waals surface area contributed by atoms with Crippen LogP contribution in [-0.4, -0.2) is 28.3 Å². The van der Waals surface area contributed by atoms with Crippen molar-refractivity contribution >= 4 is 5.97 Å². The van der Waals surface area contributed by atoms with E-state index in [2.05, 4.69) is 43.0 Å². The van der Waals surface area contributed by atoms with Crippen molar-refractivity contribution in [2.24, 2.45) is 0 Å². The second kappa shape index (κ2) is 9.42. The van der Waals surface area contributed by atoms with Crippen molar-refractivity contribution in [1.29, 1.82) is 0 Å². The molecule has 0 spiro atoms. The Labute approximate surface area is 188 Å². The minimum absolute atomic E-state index is 0.0872. The molecule has 0 atom stereocenters. The summed E-state index contributed by atoms with van der Waals surface area (Å²) >= 11 is 0. The molecular weight excluding hydrogens is 408 g/mol. The Hall–Kier alpha value is -3.35. The Morgan fingerprint density at radius 2 is 1.56 bits per heavy atom. The summed E-state index contributed by atoms with van der Waals surface area (Å²) in [6.45, 7) is 12.1. The Kier molecular flexibility index (Phi) is 6.87. The van der Waals surface area contributed by atoms with Crippen molar-refractivity contribution < 1.29 is 23.5 Å². The van der Waals surface area contributed by atoms with E-state index < -0.39 is 11.6 Å². The van der Waals surface area contributed by atoms with Gasteiger partial charge in [-0.2, -0.15) is 4.98 Å². The van der Waals surface area contributed by atoms with Crippen molar-refractivity contribution in [2.45, 2.75) is 59.2 Å². The third-order valence-corrected chi connectivity index (χ3v) is 4.80. The predicted octanol–water partition coefficient (Wildman–Crippen LogP) is 5.33. The van der Waals surface area contributed by atoms with E-state index in [0.717, 1.165) is 5.56 Å². The lowest BCUT2D eigenvalue weighted by molar-refractivity contribution is -0.158. The van der Waals surface area contributed by atoms with Gasteiger partial charge in [-0.15, -0.1) is 0 Å². The summed E-state index contributed by atoms with van der Waals surface area (Å²) in [6, 6.07) is 15.1. The highest BCUT2D eigenvalue weighted by Gasteiger charge is 2.31. The number of aromatic nitrogens is 2. The minimum Gasteiger partial charge on any atom is -0.484 e. The zero-order valence-corrected chi connectivity index (χ0v) is 19.5. The normalized spacial score (nSPS) is 11.8. The first-order chi connectivity index (χ1) is 15.1. The molecule has 1 heterocycles. The van der Waals surface area contributed by atoms with E-state index in [9.17, 15) is 4.79 Å². The summed E-state index contributed by atoms with van der Waals surface area (Å²) in [5, 5.41) is 4.05. The highest BCUT2D eigenvalue weighted by molar-refractivity contribution is 5.79. The molecule has 0 saturated carbocycles. The molecule has 0 aliphatic heterocycles. The molecule has 7 nitrogen and oxygen atoms in total. The van der Waals surface area contributed by atoms with Gasteiger partial charge >= 0.3 is 5.97 Å². The number of benzene rings is 2. The second-order valence-electron chi connectivity index (χ2n) is 8.93. The molecular formula is C25H30N2O5. The van der Waals surface area contributed by atoms with Crippen LogP contribution in [0.2, 0.25) is 0 Å². The van der Waals surface area contributed by atoms with Crippen LogP contribution in [0.5, 0.6) is 11.5 Å². The number of carbonyl (C=O) groups is 1. The maximum Gasteiger partial charge on any atom is 0.349 e. The van der Waals surface area contributed by atoms with Gasteiger partial charge in [0.1, 0.15) is 11.5 Å². The molecule has 0 unspecified atom stereocenters. The smallest absolute Gasteiger partial charge is 0.349 e. The Balaban J connectivity index is 1.57. The molecule has 0 radical (unpaired) electrons. The van der Waals surface area contributed by atoms with Crippen LogP contribution in [0.1, 0.15) is 53.0 Å². The summed E-state index contributed by atoms with van der Waals surface area (Å²) in [5.74, 6) is 1.63. The first kappa shape index (κ1) is 23.3. The van der Waals surface area contributed by atoms with Crippen LogP contribution in [-0.2, 0) is 21.6 Å². The maximum absolute atomic E-state index is 12.0. The van der Waals surface area contributed by atoms with Crippen LogP contribution in [0.15, 0.2) is 53.1 Å². The zero-order chi connectivity index (χ0) is 23.4. The van der Waals surface area contributed by atoms with Gasteiger partial charge in [-0.25, -0.2) is 4.79 Å². The number of nitrogens with zero attached hydrogens (tertiary/aromatic N) is 2. The largest absolute Gasteiger partial charge is 0.484 e. The van der Waals surface area contributed by atoms with Gasteiger partial charge in [-0.05, 0) is 56.0 Å². The average molecular weight is 439 g/mol. The fourth-order valence-corrected chi connectivity index (χ4v) is 2.94. The summed E-state index contributed by atoms with van der Waals surface area (Å²) in [7, 11) is 0. The molecule has 3 aromatic rings. The molecule has 2 aromatic carbocycles. The van der Waals surface area contributed by atoms with Crippen LogP contribution in [0.25, 0.3) is 11.4 Å². The number of ether oxygens (including phenoxy) is 3. The van der Waals surface area contributed by atoms with Crippen molar-refractivity contribution in [1.82, 2.24) is 10.1 Å². The van der Waals surface area contributed by atoms with Crippen LogP contribution in [0.3, 0.4) is 0 Å². The lowest BCUT2D eigenvalue weighted by Crippen LogP contribution is -2.39. The fourth-order valence-electron chi connectivity index (χ4n) is 2.94. The van der Waals surface area contributed by atoms with E-state index in [0.29, 0.717) is 29.8 Å². The number of hydrogen-bond acceptors (Lipinski definition) is 7. The summed E-state index contributed by atoms with van der Waals surface area (Å²) in [6.07, 6.45) is 0. The minimum atomic E-state index is -1.08. The Morgan fingerprint density at radius 1 is 0.938 bits per heavy atom. The molecule has 170 valence electrons. The number of esters is 1. The zero-order valence-electron chi connectivity index (χ0n) is 19.5. The van der Waals surface area contributed by atoms with E-state index >= 15 is 0 Å². The second-order valence-corrected chi connectivity index (χ2v) is 8.93. The number of carbonyl (C=O) groups excluding carboxylic acids is 1. The SMILES string of the molecule is CCOC(=O)C(C)(C)Oc1ccc(OCc2nc(-c3ccc(C(C)(C)C)cc3)no2)cc1. The van der Waals surface area contributed by atoms with Crippen LogP contribution in [0, 0.1) is 0 Å². The van der Waals surface area contributed by atoms with E-state index in [1.807, 2.05) is 12.1 Å². The molecule has 1 aromatic heterocycles. The van der Waals surface area contributed by atoms with Crippen molar-refractivity contribution in [3.8, 4) is 22.9 Å². The summed E-state index contributed by atoms with van der Waals surface area (Å²) < 4.78 is 21.8. The fraction of sp³-hybridized carbons (Fsp3) is 0.400.